The van der Waals surface area contributed by atoms with Crippen molar-refractivity contribution in [1.29, 1.82) is 0 Å². The molecule has 1 aromatic carbocycles. The van der Waals surface area contributed by atoms with Crippen LogP contribution in [0.4, 0.5) is 13.2 Å². The van der Waals surface area contributed by atoms with Crippen LogP contribution in [0, 0.1) is 6.92 Å². The Kier molecular flexibility index (Phi) is 9.03. The lowest BCUT2D eigenvalue weighted by atomic mass is 9.96. The predicted molar refractivity (Wildman–Crippen MR) is 134 cm³/mol. The Morgan fingerprint density at radius 3 is 2.10 bits per heavy atom. The number of aryl methyl sites for hydroxylation is 1. The first-order valence-corrected chi connectivity index (χ1v) is 12.4. The van der Waals surface area contributed by atoms with Crippen LogP contribution in [0.3, 0.4) is 0 Å². The van der Waals surface area contributed by atoms with Crippen molar-refractivity contribution in [3.63, 3.8) is 0 Å². The first-order chi connectivity index (χ1) is 19.0. The second kappa shape index (κ2) is 11.8. The summed E-state index contributed by atoms with van der Waals surface area (Å²) in [6.07, 6.45) is -4.42. The maximum absolute atomic E-state index is 12.8. The van der Waals surface area contributed by atoms with Gasteiger partial charge in [0.1, 0.15) is 11.4 Å². The number of likely N-dealkylation sites (N-methyl/N-ethyl adjacent to an activating group) is 1. The maximum Gasteiger partial charge on any atom is 0.416 e. The van der Waals surface area contributed by atoms with Gasteiger partial charge in [0.15, 0.2) is 5.60 Å². The molecule has 2 atom stereocenters. The van der Waals surface area contributed by atoms with Crippen molar-refractivity contribution in [1.82, 2.24) is 20.2 Å². The van der Waals surface area contributed by atoms with Crippen molar-refractivity contribution in [2.45, 2.75) is 62.4 Å². The van der Waals surface area contributed by atoms with Crippen LogP contribution >= 0.6 is 0 Å². The van der Waals surface area contributed by atoms with Gasteiger partial charge in [0.05, 0.1) is 30.1 Å². The zero-order valence-electron chi connectivity index (χ0n) is 22.1. The highest BCUT2D eigenvalue weighted by Gasteiger charge is 2.50. The lowest BCUT2D eigenvalue weighted by molar-refractivity contribution is -0.170. The van der Waals surface area contributed by atoms with Gasteiger partial charge in [0, 0.05) is 24.8 Å². The minimum atomic E-state index is -4.37. The molecule has 0 saturated carbocycles. The molecule has 0 unspecified atom stereocenters. The number of halogens is 3. The van der Waals surface area contributed by atoms with Gasteiger partial charge < -0.3 is 25.3 Å². The zero-order chi connectivity index (χ0) is 30.8. The van der Waals surface area contributed by atoms with Crippen LogP contribution < -0.4 is 5.32 Å². The van der Waals surface area contributed by atoms with Gasteiger partial charge in [0.25, 0.3) is 0 Å². The van der Waals surface area contributed by atoms with Gasteiger partial charge in [-0.1, -0.05) is 12.1 Å². The number of rotatable bonds is 7. The molecule has 15 heteroatoms. The summed E-state index contributed by atoms with van der Waals surface area (Å²) >= 11 is 0. The normalized spacial score (nSPS) is 20.6. The number of hydrogen-bond donors (Lipinski definition) is 5. The molecule has 4 rings (SSSR count). The summed E-state index contributed by atoms with van der Waals surface area (Å²) in [6.45, 7) is 2.56. The fourth-order valence-corrected chi connectivity index (χ4v) is 4.80. The number of hydrogen-bond acceptors (Lipinski definition) is 8. The molecule has 2 aliphatic rings. The van der Waals surface area contributed by atoms with Crippen molar-refractivity contribution < 1.29 is 52.8 Å². The van der Waals surface area contributed by atoms with Crippen molar-refractivity contribution in [2.75, 3.05) is 13.6 Å². The number of carboxylic acids is 3. The van der Waals surface area contributed by atoms with Gasteiger partial charge in [-0.25, -0.2) is 14.8 Å². The van der Waals surface area contributed by atoms with Crippen LogP contribution in [0.15, 0.2) is 30.3 Å². The number of benzene rings is 1. The molecule has 2 saturated heterocycles. The van der Waals surface area contributed by atoms with E-state index in [0.717, 1.165) is 43.6 Å². The summed E-state index contributed by atoms with van der Waals surface area (Å²) in [4.78, 5) is 53.8. The first-order valence-electron chi connectivity index (χ1n) is 12.4. The average Bonchev–Trinajstić information content (AvgIpc) is 3.42. The molecule has 3 heterocycles. The molecule has 2 aromatic rings. The Morgan fingerprint density at radius 1 is 1.05 bits per heavy atom. The third-order valence-electron chi connectivity index (χ3n) is 6.92. The highest BCUT2D eigenvalue weighted by Crippen LogP contribution is 2.38. The Morgan fingerprint density at radius 2 is 1.63 bits per heavy atom. The molecule has 5 N–H and O–H groups in total. The molecule has 222 valence electrons. The Bertz CT molecular complexity index is 1320. The SMILES string of the molecule is Cc1cc(-c2ccc(C(F)(F)F)cc2)nc([C@H]2CC[C@@]3(CCN(C)C3=O)N2)n1.O=C(O)CC(O)(CC(=O)O)C(=O)O. The van der Waals surface area contributed by atoms with E-state index < -0.39 is 53.6 Å². The number of nitrogens with one attached hydrogen (secondary N) is 1. The van der Waals surface area contributed by atoms with Crippen LogP contribution in [0.25, 0.3) is 11.3 Å². The molecule has 1 aromatic heterocycles. The quantitative estimate of drug-likeness (QED) is 0.322. The predicted octanol–water partition coefficient (Wildman–Crippen LogP) is 2.25. The number of amides is 1. The Balaban J connectivity index is 0.000000302. The van der Waals surface area contributed by atoms with E-state index in [9.17, 15) is 32.3 Å². The Hall–Kier alpha value is -4.11. The van der Waals surface area contributed by atoms with E-state index in [-0.39, 0.29) is 11.9 Å². The molecule has 0 radical (unpaired) electrons. The molecule has 0 aliphatic carbocycles. The second-order valence-corrected chi connectivity index (χ2v) is 10.1. The molecule has 1 spiro atoms. The first kappa shape index (κ1) is 31.4. The van der Waals surface area contributed by atoms with Crippen LogP contribution in [0.1, 0.15) is 55.2 Å². The number of aliphatic hydroxyl groups is 1. The largest absolute Gasteiger partial charge is 0.481 e. The fourth-order valence-electron chi connectivity index (χ4n) is 4.80. The van der Waals surface area contributed by atoms with Crippen LogP contribution in [-0.4, -0.2) is 83.8 Å². The van der Waals surface area contributed by atoms with Crippen molar-refractivity contribution in [2.24, 2.45) is 0 Å². The monoisotopic (exact) mass is 582 g/mol. The molecular formula is C26H29F3N4O8. The maximum atomic E-state index is 12.8. The smallest absolute Gasteiger partial charge is 0.416 e. The number of carbonyl (C=O) groups is 4. The minimum absolute atomic E-state index is 0.102. The number of aliphatic carboxylic acids is 3. The van der Waals surface area contributed by atoms with Crippen molar-refractivity contribution in [3.8, 4) is 11.3 Å². The van der Waals surface area contributed by atoms with Crippen LogP contribution in [-0.2, 0) is 25.4 Å². The molecule has 2 fully saturated rings. The van der Waals surface area contributed by atoms with Gasteiger partial charge >= 0.3 is 24.1 Å². The average molecular weight is 583 g/mol. The van der Waals surface area contributed by atoms with Crippen molar-refractivity contribution >= 4 is 23.8 Å². The van der Waals surface area contributed by atoms with Gasteiger partial charge in [-0.3, -0.25) is 19.7 Å². The number of nitrogens with zero attached hydrogens (tertiary/aromatic N) is 3. The fraction of sp³-hybridized carbons (Fsp3) is 0.462. The molecule has 1 amide bonds. The van der Waals surface area contributed by atoms with E-state index in [1.807, 2.05) is 6.92 Å². The van der Waals surface area contributed by atoms with E-state index in [0.29, 0.717) is 17.1 Å². The number of alkyl halides is 3. The van der Waals surface area contributed by atoms with E-state index >= 15 is 0 Å². The summed E-state index contributed by atoms with van der Waals surface area (Å²) in [5.41, 5.74) is -2.06. The Labute approximate surface area is 231 Å². The highest BCUT2D eigenvalue weighted by molar-refractivity contribution is 5.89. The number of carbonyl (C=O) groups excluding carboxylic acids is 1. The second-order valence-electron chi connectivity index (χ2n) is 10.1. The van der Waals surface area contributed by atoms with Gasteiger partial charge in [-0.15, -0.1) is 0 Å². The molecule has 0 bridgehead atoms. The lowest BCUT2D eigenvalue weighted by Crippen LogP contribution is -2.47. The van der Waals surface area contributed by atoms with Gasteiger partial charge in [-0.2, -0.15) is 13.2 Å². The number of likely N-dealkylation sites (tertiary alicyclic amines) is 1. The number of aromatic nitrogens is 2. The minimum Gasteiger partial charge on any atom is -0.481 e. The van der Waals surface area contributed by atoms with E-state index in [1.165, 1.54) is 12.1 Å². The van der Waals surface area contributed by atoms with E-state index in [2.05, 4.69) is 15.3 Å². The summed E-state index contributed by atoms with van der Waals surface area (Å²) in [5.74, 6) is -4.34. The topological polar surface area (TPSA) is 190 Å². The van der Waals surface area contributed by atoms with Crippen LogP contribution in [0.2, 0.25) is 0 Å². The zero-order valence-corrected chi connectivity index (χ0v) is 22.1. The third kappa shape index (κ3) is 7.35. The standard InChI is InChI=1S/C20H21F3N4O.C6H8O7/c1-12-11-16(13-3-5-14(6-4-13)20(21,22)23)25-17(24-12)15-7-8-19(26-15)9-10-27(2)18(19)28;7-3(8)1-6(13,5(11)12)2-4(9)10/h3-6,11,15,26H,7-10H2,1-2H3;13H,1-2H2,(H,7,8)(H,9,10)(H,11,12)/t15-,19+;/m1./s1. The lowest BCUT2D eigenvalue weighted by Gasteiger charge is -2.23. The van der Waals surface area contributed by atoms with Crippen molar-refractivity contribution in [3.05, 3.63) is 47.4 Å². The third-order valence-corrected chi connectivity index (χ3v) is 6.92. The summed E-state index contributed by atoms with van der Waals surface area (Å²) < 4.78 is 38.4. The van der Waals surface area contributed by atoms with E-state index in [1.54, 1.807) is 18.0 Å². The number of carboxylic acid groups (broad SMARTS) is 3. The molecule has 2 aliphatic heterocycles. The summed E-state index contributed by atoms with van der Waals surface area (Å²) in [7, 11) is 1.80. The van der Waals surface area contributed by atoms with Gasteiger partial charge in [-0.05, 0) is 44.4 Å². The summed E-state index contributed by atoms with van der Waals surface area (Å²) in [6, 6.07) is 6.57. The molecule has 12 nitrogen and oxygen atoms in total. The van der Waals surface area contributed by atoms with Crippen LogP contribution in [0.5, 0.6) is 0 Å². The molecule has 41 heavy (non-hydrogen) atoms. The molecular weight excluding hydrogens is 553 g/mol. The highest BCUT2D eigenvalue weighted by atomic mass is 19.4. The van der Waals surface area contributed by atoms with E-state index in [4.69, 9.17) is 20.4 Å². The van der Waals surface area contributed by atoms with Gasteiger partial charge in [0.2, 0.25) is 5.91 Å². The summed E-state index contributed by atoms with van der Waals surface area (Å²) in [5, 5.41) is 37.2.